The number of carbonyl (C=O) groups is 1. The van der Waals surface area contributed by atoms with Gasteiger partial charge in [0.15, 0.2) is 5.78 Å². The SMILES string of the molecule is CC1(C)CC(=O)C(=C2CC=CS2)C(C)(C)N1. The molecule has 0 amide bonds. The number of carbonyl (C=O) groups excluding carboxylic acids is 1. The summed E-state index contributed by atoms with van der Waals surface area (Å²) in [5.41, 5.74) is 0.677. The third-order valence-corrected chi connectivity index (χ3v) is 4.03. The van der Waals surface area contributed by atoms with E-state index in [1.807, 2.05) is 0 Å². The van der Waals surface area contributed by atoms with Crippen LogP contribution in [0, 0.1) is 0 Å². The third kappa shape index (κ3) is 2.11. The standard InChI is InChI=1S/C13H19NOS/c1-12(2)8-9(15)11(13(3,4)14-12)10-6-5-7-16-10/h5,7,14H,6,8H2,1-4H3. The highest BCUT2D eigenvalue weighted by molar-refractivity contribution is 8.06. The first kappa shape index (κ1) is 11.9. The minimum Gasteiger partial charge on any atom is -0.302 e. The quantitative estimate of drug-likeness (QED) is 0.657. The summed E-state index contributed by atoms with van der Waals surface area (Å²) in [5, 5.41) is 5.64. The number of rotatable bonds is 0. The lowest BCUT2D eigenvalue weighted by Crippen LogP contribution is -2.59. The highest BCUT2D eigenvalue weighted by Gasteiger charge is 2.42. The molecule has 0 atom stereocenters. The van der Waals surface area contributed by atoms with Gasteiger partial charge in [0, 0.05) is 28.0 Å². The number of hydrogen-bond acceptors (Lipinski definition) is 3. The number of hydrogen-bond donors (Lipinski definition) is 1. The number of thioether (sulfide) groups is 1. The predicted molar refractivity (Wildman–Crippen MR) is 69.3 cm³/mol. The van der Waals surface area contributed by atoms with Crippen molar-refractivity contribution in [3.63, 3.8) is 0 Å². The fraction of sp³-hybridized carbons (Fsp3) is 0.615. The maximum Gasteiger partial charge on any atom is 0.163 e. The van der Waals surface area contributed by atoms with Crippen molar-refractivity contribution in [3.05, 3.63) is 22.0 Å². The molecule has 0 spiro atoms. The van der Waals surface area contributed by atoms with Crippen LogP contribution in [0.5, 0.6) is 0 Å². The molecular formula is C13H19NOS. The van der Waals surface area contributed by atoms with Crippen LogP contribution in [0.25, 0.3) is 0 Å². The molecule has 0 aromatic carbocycles. The molecule has 2 rings (SSSR count). The molecule has 2 aliphatic heterocycles. The summed E-state index contributed by atoms with van der Waals surface area (Å²) in [6, 6.07) is 0. The molecule has 0 unspecified atom stereocenters. The van der Waals surface area contributed by atoms with E-state index < -0.39 is 0 Å². The van der Waals surface area contributed by atoms with E-state index in [2.05, 4.69) is 44.5 Å². The van der Waals surface area contributed by atoms with Crippen molar-refractivity contribution in [1.29, 1.82) is 0 Å². The first-order chi connectivity index (χ1) is 7.32. The fourth-order valence-corrected chi connectivity index (χ4v) is 3.83. The van der Waals surface area contributed by atoms with E-state index in [0.717, 1.165) is 12.0 Å². The van der Waals surface area contributed by atoms with E-state index in [0.29, 0.717) is 12.2 Å². The van der Waals surface area contributed by atoms with Crippen molar-refractivity contribution < 1.29 is 4.79 Å². The minimum absolute atomic E-state index is 0.0959. The van der Waals surface area contributed by atoms with E-state index in [1.165, 1.54) is 4.91 Å². The van der Waals surface area contributed by atoms with E-state index in [9.17, 15) is 4.79 Å². The first-order valence-corrected chi connectivity index (χ1v) is 6.58. The van der Waals surface area contributed by atoms with Crippen molar-refractivity contribution in [2.45, 2.75) is 51.6 Å². The summed E-state index contributed by atoms with van der Waals surface area (Å²) in [5.74, 6) is 0.306. The smallest absolute Gasteiger partial charge is 0.163 e. The van der Waals surface area contributed by atoms with E-state index in [-0.39, 0.29) is 11.1 Å². The molecule has 0 aromatic rings. The monoisotopic (exact) mass is 237 g/mol. The molecule has 0 radical (unpaired) electrons. The molecule has 2 nitrogen and oxygen atoms in total. The fourth-order valence-electron chi connectivity index (χ4n) is 2.79. The second kappa shape index (κ2) is 3.74. The summed E-state index contributed by atoms with van der Waals surface area (Å²) < 4.78 is 0. The van der Waals surface area contributed by atoms with Gasteiger partial charge >= 0.3 is 0 Å². The van der Waals surface area contributed by atoms with Crippen LogP contribution in [0.15, 0.2) is 22.0 Å². The van der Waals surface area contributed by atoms with Gasteiger partial charge in [-0.1, -0.05) is 6.08 Å². The van der Waals surface area contributed by atoms with E-state index in [4.69, 9.17) is 0 Å². The number of ketones is 1. The van der Waals surface area contributed by atoms with Crippen LogP contribution in [0.4, 0.5) is 0 Å². The molecule has 0 bridgehead atoms. The molecule has 2 heterocycles. The summed E-state index contributed by atoms with van der Waals surface area (Å²) in [6.45, 7) is 8.39. The predicted octanol–water partition coefficient (Wildman–Crippen LogP) is 3.01. The second-order valence-corrected chi connectivity index (χ2v) is 6.73. The number of nitrogens with one attached hydrogen (secondary N) is 1. The first-order valence-electron chi connectivity index (χ1n) is 5.70. The second-order valence-electron chi connectivity index (χ2n) is 5.73. The van der Waals surface area contributed by atoms with Crippen LogP contribution in [0.2, 0.25) is 0 Å². The van der Waals surface area contributed by atoms with Gasteiger partial charge in [-0.15, -0.1) is 11.8 Å². The van der Waals surface area contributed by atoms with Gasteiger partial charge in [0.05, 0.1) is 0 Å². The molecule has 88 valence electrons. The average molecular weight is 237 g/mol. The normalized spacial score (nSPS) is 32.1. The molecular weight excluding hydrogens is 218 g/mol. The van der Waals surface area contributed by atoms with Crippen molar-refractivity contribution in [2.75, 3.05) is 0 Å². The van der Waals surface area contributed by atoms with E-state index in [1.54, 1.807) is 11.8 Å². The lowest BCUT2D eigenvalue weighted by molar-refractivity contribution is -0.119. The highest BCUT2D eigenvalue weighted by Crippen LogP contribution is 2.39. The number of Topliss-reactive ketones (excluding diaryl/α,β-unsaturated/α-hetero) is 1. The zero-order valence-electron chi connectivity index (χ0n) is 10.4. The summed E-state index contributed by atoms with van der Waals surface area (Å²) in [6.07, 6.45) is 3.63. The van der Waals surface area contributed by atoms with Gasteiger partial charge in [-0.3, -0.25) is 4.79 Å². The molecule has 1 saturated heterocycles. The van der Waals surface area contributed by atoms with Gasteiger partial charge in [-0.25, -0.2) is 0 Å². The Kier molecular flexibility index (Phi) is 2.79. The maximum atomic E-state index is 12.3. The van der Waals surface area contributed by atoms with Crippen molar-refractivity contribution in [1.82, 2.24) is 5.32 Å². The molecule has 0 aliphatic carbocycles. The van der Waals surface area contributed by atoms with Crippen LogP contribution in [-0.4, -0.2) is 16.9 Å². The van der Waals surface area contributed by atoms with Crippen molar-refractivity contribution >= 4 is 17.5 Å². The number of piperidine rings is 1. The molecule has 2 aliphatic rings. The van der Waals surface area contributed by atoms with Gasteiger partial charge in [-0.2, -0.15) is 0 Å². The molecule has 0 aromatic heterocycles. The van der Waals surface area contributed by atoms with Crippen LogP contribution in [0.3, 0.4) is 0 Å². The largest absolute Gasteiger partial charge is 0.302 e. The van der Waals surface area contributed by atoms with Gasteiger partial charge in [0.1, 0.15) is 0 Å². The van der Waals surface area contributed by atoms with Crippen LogP contribution in [-0.2, 0) is 4.79 Å². The Hall–Kier alpha value is -0.540. The topological polar surface area (TPSA) is 29.1 Å². The molecule has 1 N–H and O–H groups in total. The summed E-state index contributed by atoms with van der Waals surface area (Å²) >= 11 is 1.69. The van der Waals surface area contributed by atoms with Gasteiger partial charge in [0.2, 0.25) is 0 Å². The van der Waals surface area contributed by atoms with Crippen LogP contribution >= 0.6 is 11.8 Å². The summed E-state index contributed by atoms with van der Waals surface area (Å²) in [7, 11) is 0. The zero-order valence-corrected chi connectivity index (χ0v) is 11.2. The van der Waals surface area contributed by atoms with Crippen molar-refractivity contribution in [3.8, 4) is 0 Å². The van der Waals surface area contributed by atoms with Crippen LogP contribution in [0.1, 0.15) is 40.5 Å². The third-order valence-electron chi connectivity index (χ3n) is 3.05. The Labute approximate surface area is 102 Å². The lowest BCUT2D eigenvalue weighted by Gasteiger charge is -2.44. The molecule has 0 saturated carbocycles. The molecule has 3 heteroatoms. The highest BCUT2D eigenvalue weighted by atomic mass is 32.2. The minimum atomic E-state index is -0.215. The van der Waals surface area contributed by atoms with E-state index >= 15 is 0 Å². The maximum absolute atomic E-state index is 12.3. The average Bonchev–Trinajstić information content (AvgIpc) is 2.50. The molecule has 16 heavy (non-hydrogen) atoms. The zero-order chi connectivity index (χ0) is 12.0. The van der Waals surface area contributed by atoms with Gasteiger partial charge in [-0.05, 0) is 39.5 Å². The Morgan fingerprint density at radius 2 is 2.00 bits per heavy atom. The number of allylic oxidation sites excluding steroid dienone is 2. The Morgan fingerprint density at radius 1 is 1.31 bits per heavy atom. The van der Waals surface area contributed by atoms with Gasteiger partial charge < -0.3 is 5.32 Å². The Bertz CT molecular complexity index is 381. The lowest BCUT2D eigenvalue weighted by atomic mass is 9.77. The summed E-state index contributed by atoms with van der Waals surface area (Å²) in [4.78, 5) is 13.5. The Balaban J connectivity index is 2.39. The van der Waals surface area contributed by atoms with Gasteiger partial charge in [0.25, 0.3) is 0 Å². The van der Waals surface area contributed by atoms with Crippen molar-refractivity contribution in [2.24, 2.45) is 0 Å². The van der Waals surface area contributed by atoms with Crippen LogP contribution < -0.4 is 5.32 Å². The Morgan fingerprint density at radius 3 is 2.50 bits per heavy atom. The molecule has 1 fully saturated rings.